The molecule has 0 aliphatic heterocycles. The van der Waals surface area contributed by atoms with E-state index in [0.29, 0.717) is 11.8 Å². The Hall–Kier alpha value is -0.0800. The van der Waals surface area contributed by atoms with Gasteiger partial charge in [-0.25, -0.2) is 4.98 Å². The average Bonchev–Trinajstić information content (AvgIpc) is 2.63. The van der Waals surface area contributed by atoms with Crippen molar-refractivity contribution in [3.05, 3.63) is 16.1 Å². The Bertz CT molecular complexity index is 338. The Balaban J connectivity index is 2.65. The Labute approximate surface area is 115 Å². The van der Waals surface area contributed by atoms with E-state index in [2.05, 4.69) is 40.0 Å². The lowest BCUT2D eigenvalue weighted by Gasteiger charge is -2.16. The van der Waals surface area contributed by atoms with Crippen LogP contribution < -0.4 is 0 Å². The smallest absolute Gasteiger partial charge is 0.0931 e. The molecule has 1 rings (SSSR count). The molecule has 17 heavy (non-hydrogen) atoms. The van der Waals surface area contributed by atoms with Gasteiger partial charge in [0.15, 0.2) is 0 Å². The maximum atomic E-state index is 6.04. The Morgan fingerprint density at radius 1 is 1.35 bits per heavy atom. The average molecular weight is 274 g/mol. The zero-order valence-corrected chi connectivity index (χ0v) is 13.2. The summed E-state index contributed by atoms with van der Waals surface area (Å²) in [5, 5.41) is 3.43. The van der Waals surface area contributed by atoms with Crippen LogP contribution in [0.1, 0.15) is 51.7 Å². The van der Waals surface area contributed by atoms with Gasteiger partial charge in [0.1, 0.15) is 0 Å². The fourth-order valence-corrected chi connectivity index (χ4v) is 3.24. The highest BCUT2D eigenvalue weighted by atomic mass is 35.5. The fraction of sp³-hybridized carbons (Fsp3) is 0.786. The van der Waals surface area contributed by atoms with Gasteiger partial charge in [0.05, 0.1) is 10.7 Å². The van der Waals surface area contributed by atoms with Gasteiger partial charge in [-0.2, -0.15) is 0 Å². The van der Waals surface area contributed by atoms with Crippen LogP contribution in [0.4, 0.5) is 0 Å². The molecule has 0 aromatic carbocycles. The summed E-state index contributed by atoms with van der Waals surface area (Å²) in [5.41, 5.74) is 1.36. The van der Waals surface area contributed by atoms with E-state index in [-0.39, 0.29) is 5.41 Å². The number of hydrogen-bond acceptors (Lipinski definition) is 2. The van der Waals surface area contributed by atoms with Crippen LogP contribution in [0.25, 0.3) is 0 Å². The lowest BCUT2D eigenvalue weighted by molar-refractivity contribution is 0.439. The lowest BCUT2D eigenvalue weighted by atomic mass is 9.93. The van der Waals surface area contributed by atoms with Crippen LogP contribution in [0.5, 0.6) is 0 Å². The van der Waals surface area contributed by atoms with Gasteiger partial charge in [0.2, 0.25) is 0 Å². The molecule has 0 radical (unpaired) electrons. The maximum Gasteiger partial charge on any atom is 0.0931 e. The molecule has 0 bridgehead atoms. The number of hydrogen-bond donors (Lipinski definition) is 0. The van der Waals surface area contributed by atoms with E-state index in [1.807, 2.05) is 0 Å². The first-order chi connectivity index (χ1) is 7.82. The van der Waals surface area contributed by atoms with Crippen molar-refractivity contribution in [2.45, 2.75) is 52.9 Å². The standard InChI is InChI=1S/C14H24ClNS/c1-10(2)6-11(8-15)7-13-16-12(9-17-13)14(3,4)5/h9-11H,6-8H2,1-5H3. The first-order valence-corrected chi connectivity index (χ1v) is 7.75. The number of thiazole rings is 1. The summed E-state index contributed by atoms with van der Waals surface area (Å²) in [4.78, 5) is 4.74. The second-order valence-corrected chi connectivity index (χ2v) is 7.48. The lowest BCUT2D eigenvalue weighted by Crippen LogP contribution is -2.13. The number of aromatic nitrogens is 1. The number of nitrogens with zero attached hydrogens (tertiary/aromatic N) is 1. The molecule has 1 aromatic heterocycles. The van der Waals surface area contributed by atoms with Gasteiger partial charge in [-0.05, 0) is 18.3 Å². The molecule has 1 unspecified atom stereocenters. The number of rotatable bonds is 5. The van der Waals surface area contributed by atoms with E-state index in [1.54, 1.807) is 11.3 Å². The van der Waals surface area contributed by atoms with Crippen molar-refractivity contribution in [2.24, 2.45) is 11.8 Å². The van der Waals surface area contributed by atoms with Crippen molar-refractivity contribution in [3.63, 3.8) is 0 Å². The topological polar surface area (TPSA) is 12.9 Å². The number of halogens is 1. The monoisotopic (exact) mass is 273 g/mol. The third-order valence-electron chi connectivity index (χ3n) is 2.81. The summed E-state index contributed by atoms with van der Waals surface area (Å²) in [6.45, 7) is 11.1. The zero-order chi connectivity index (χ0) is 13.1. The third kappa shape index (κ3) is 4.97. The van der Waals surface area contributed by atoms with Gasteiger partial charge >= 0.3 is 0 Å². The van der Waals surface area contributed by atoms with Crippen molar-refractivity contribution in [1.29, 1.82) is 0 Å². The summed E-state index contributed by atoms with van der Waals surface area (Å²) in [6.07, 6.45) is 2.22. The molecule has 0 fully saturated rings. The molecule has 1 atom stereocenters. The van der Waals surface area contributed by atoms with Gasteiger partial charge in [-0.3, -0.25) is 0 Å². The first kappa shape index (κ1) is 15.0. The Morgan fingerprint density at radius 2 is 2.00 bits per heavy atom. The van der Waals surface area contributed by atoms with Crippen molar-refractivity contribution in [2.75, 3.05) is 5.88 Å². The third-order valence-corrected chi connectivity index (χ3v) is 4.11. The Morgan fingerprint density at radius 3 is 2.41 bits per heavy atom. The summed E-state index contributed by atoms with van der Waals surface area (Å²) in [7, 11) is 0. The highest BCUT2D eigenvalue weighted by Crippen LogP contribution is 2.26. The van der Waals surface area contributed by atoms with Crippen LogP contribution in [-0.2, 0) is 11.8 Å². The van der Waals surface area contributed by atoms with Gasteiger partial charge in [0.25, 0.3) is 0 Å². The highest BCUT2D eigenvalue weighted by Gasteiger charge is 2.19. The van der Waals surface area contributed by atoms with Crippen molar-refractivity contribution < 1.29 is 0 Å². The summed E-state index contributed by atoms with van der Waals surface area (Å²) in [5.74, 6) is 2.01. The molecular formula is C14H24ClNS. The van der Waals surface area contributed by atoms with Crippen LogP contribution in [0.3, 0.4) is 0 Å². The molecular weight excluding hydrogens is 250 g/mol. The first-order valence-electron chi connectivity index (χ1n) is 6.33. The molecule has 98 valence electrons. The van der Waals surface area contributed by atoms with Crippen molar-refractivity contribution in [1.82, 2.24) is 4.98 Å². The van der Waals surface area contributed by atoms with E-state index in [9.17, 15) is 0 Å². The fourth-order valence-electron chi connectivity index (χ4n) is 1.86. The minimum Gasteiger partial charge on any atom is -0.246 e. The van der Waals surface area contributed by atoms with Crippen LogP contribution in [-0.4, -0.2) is 10.9 Å². The number of alkyl halides is 1. The van der Waals surface area contributed by atoms with Gasteiger partial charge in [-0.1, -0.05) is 34.6 Å². The minimum absolute atomic E-state index is 0.156. The zero-order valence-electron chi connectivity index (χ0n) is 11.6. The van der Waals surface area contributed by atoms with Crippen LogP contribution in [0.2, 0.25) is 0 Å². The minimum atomic E-state index is 0.156. The van der Waals surface area contributed by atoms with E-state index in [0.717, 1.165) is 12.3 Å². The molecule has 0 N–H and O–H groups in total. The SMILES string of the molecule is CC(C)CC(CCl)Cc1nc(C(C)(C)C)cs1. The molecule has 0 saturated heterocycles. The van der Waals surface area contributed by atoms with Gasteiger partial charge < -0.3 is 0 Å². The highest BCUT2D eigenvalue weighted by molar-refractivity contribution is 7.09. The molecule has 1 nitrogen and oxygen atoms in total. The normalized spacial score (nSPS) is 14.3. The maximum absolute atomic E-state index is 6.04. The molecule has 3 heteroatoms. The van der Waals surface area contributed by atoms with E-state index < -0.39 is 0 Å². The van der Waals surface area contributed by atoms with E-state index in [4.69, 9.17) is 16.6 Å². The van der Waals surface area contributed by atoms with Gasteiger partial charge in [-0.15, -0.1) is 22.9 Å². The van der Waals surface area contributed by atoms with Gasteiger partial charge in [0, 0.05) is 23.1 Å². The second-order valence-electron chi connectivity index (χ2n) is 6.23. The van der Waals surface area contributed by atoms with Crippen LogP contribution in [0.15, 0.2) is 5.38 Å². The summed E-state index contributed by atoms with van der Waals surface area (Å²) >= 11 is 7.81. The van der Waals surface area contributed by atoms with E-state index >= 15 is 0 Å². The van der Waals surface area contributed by atoms with Crippen molar-refractivity contribution >= 4 is 22.9 Å². The van der Waals surface area contributed by atoms with Crippen LogP contribution >= 0.6 is 22.9 Å². The molecule has 0 saturated carbocycles. The molecule has 0 spiro atoms. The predicted octanol–water partition coefficient (Wildman–Crippen LogP) is 4.88. The predicted molar refractivity (Wildman–Crippen MR) is 78.2 cm³/mol. The molecule has 0 aliphatic rings. The largest absolute Gasteiger partial charge is 0.246 e. The Kier molecular flexibility index (Phi) is 5.46. The second kappa shape index (κ2) is 6.19. The molecule has 1 heterocycles. The molecule has 0 amide bonds. The summed E-state index contributed by atoms with van der Waals surface area (Å²) < 4.78 is 0. The molecule has 1 aromatic rings. The molecule has 0 aliphatic carbocycles. The van der Waals surface area contributed by atoms with Crippen molar-refractivity contribution in [3.8, 4) is 0 Å². The quantitative estimate of drug-likeness (QED) is 0.697. The van der Waals surface area contributed by atoms with Crippen LogP contribution in [0, 0.1) is 11.8 Å². The van der Waals surface area contributed by atoms with E-state index in [1.165, 1.54) is 17.1 Å². The summed E-state index contributed by atoms with van der Waals surface area (Å²) in [6, 6.07) is 0.